The van der Waals surface area contributed by atoms with Gasteiger partial charge in [-0.1, -0.05) is 12.5 Å². The molecule has 0 unspecified atom stereocenters. The second-order valence-electron chi connectivity index (χ2n) is 4.66. The Bertz CT molecular complexity index is 361. The number of pyridine rings is 1. The summed E-state index contributed by atoms with van der Waals surface area (Å²) in [7, 11) is 0. The van der Waals surface area contributed by atoms with E-state index in [1.54, 1.807) is 6.20 Å². The molecule has 0 atom stereocenters. The first-order valence-electron chi connectivity index (χ1n) is 6.69. The fourth-order valence-electron chi connectivity index (χ4n) is 2.21. The smallest absolute Gasteiger partial charge is 0.407 e. The van der Waals surface area contributed by atoms with Crippen molar-refractivity contribution in [2.24, 2.45) is 0 Å². The Balaban J connectivity index is 1.62. The summed E-state index contributed by atoms with van der Waals surface area (Å²) in [5.41, 5.74) is 0.982. The van der Waals surface area contributed by atoms with Gasteiger partial charge >= 0.3 is 6.09 Å². The highest BCUT2D eigenvalue weighted by molar-refractivity contribution is 5.67. The minimum absolute atomic E-state index is 0.119. The molecule has 1 aliphatic rings. The van der Waals surface area contributed by atoms with E-state index in [0.29, 0.717) is 6.54 Å². The van der Waals surface area contributed by atoms with Gasteiger partial charge in [0.2, 0.25) is 0 Å². The topological polar surface area (TPSA) is 51.2 Å². The van der Waals surface area contributed by atoms with E-state index in [1.165, 1.54) is 19.3 Å². The Hall–Kier alpha value is -1.58. The van der Waals surface area contributed by atoms with Crippen molar-refractivity contribution in [3.8, 4) is 0 Å². The molecule has 4 heteroatoms. The second-order valence-corrected chi connectivity index (χ2v) is 4.66. The van der Waals surface area contributed by atoms with Crippen molar-refractivity contribution in [3.63, 3.8) is 0 Å². The Morgan fingerprint density at radius 1 is 1.33 bits per heavy atom. The number of ether oxygens (including phenoxy) is 1. The van der Waals surface area contributed by atoms with Gasteiger partial charge in [0.1, 0.15) is 6.10 Å². The van der Waals surface area contributed by atoms with Crippen molar-refractivity contribution in [1.82, 2.24) is 10.3 Å². The monoisotopic (exact) mass is 248 g/mol. The lowest BCUT2D eigenvalue weighted by Gasteiger charge is -2.21. The largest absolute Gasteiger partial charge is 0.446 e. The van der Waals surface area contributed by atoms with Crippen molar-refractivity contribution in [3.05, 3.63) is 30.1 Å². The maximum atomic E-state index is 11.5. The summed E-state index contributed by atoms with van der Waals surface area (Å²) in [5.74, 6) is 0. The van der Waals surface area contributed by atoms with Gasteiger partial charge in [0.05, 0.1) is 0 Å². The molecule has 18 heavy (non-hydrogen) atoms. The molecule has 1 heterocycles. The zero-order chi connectivity index (χ0) is 12.6. The molecule has 0 spiro atoms. The molecule has 0 aromatic carbocycles. The van der Waals surface area contributed by atoms with Crippen LogP contribution in [0.5, 0.6) is 0 Å². The SMILES string of the molecule is O=C(NCCc1ccccn1)OC1CCCCC1. The summed E-state index contributed by atoms with van der Waals surface area (Å²) < 4.78 is 5.36. The van der Waals surface area contributed by atoms with Gasteiger partial charge in [0, 0.05) is 24.9 Å². The van der Waals surface area contributed by atoms with Crippen molar-refractivity contribution < 1.29 is 9.53 Å². The molecule has 0 saturated heterocycles. The number of nitrogens with zero attached hydrogens (tertiary/aromatic N) is 1. The molecular weight excluding hydrogens is 228 g/mol. The molecule has 0 bridgehead atoms. The summed E-state index contributed by atoms with van der Waals surface area (Å²) in [6, 6.07) is 5.78. The molecule has 1 amide bonds. The highest BCUT2D eigenvalue weighted by Crippen LogP contribution is 2.20. The molecule has 1 saturated carbocycles. The number of nitrogens with one attached hydrogen (secondary N) is 1. The highest BCUT2D eigenvalue weighted by Gasteiger charge is 2.17. The number of rotatable bonds is 4. The Morgan fingerprint density at radius 2 is 2.17 bits per heavy atom. The van der Waals surface area contributed by atoms with Gasteiger partial charge in [-0.2, -0.15) is 0 Å². The molecule has 1 fully saturated rings. The lowest BCUT2D eigenvalue weighted by Crippen LogP contribution is -2.31. The molecular formula is C14H20N2O2. The number of hydrogen-bond acceptors (Lipinski definition) is 3. The lowest BCUT2D eigenvalue weighted by atomic mass is 9.98. The average molecular weight is 248 g/mol. The first kappa shape index (κ1) is 12.9. The standard InChI is InChI=1S/C14H20N2O2/c17-14(18-13-7-2-1-3-8-13)16-11-9-12-6-4-5-10-15-12/h4-6,10,13H,1-3,7-9,11H2,(H,16,17). The Labute approximate surface area is 108 Å². The van der Waals surface area contributed by atoms with E-state index in [0.717, 1.165) is 25.0 Å². The number of hydrogen-bond donors (Lipinski definition) is 1. The van der Waals surface area contributed by atoms with Gasteiger partial charge in [0.25, 0.3) is 0 Å². The minimum atomic E-state index is -0.294. The predicted molar refractivity (Wildman–Crippen MR) is 69.3 cm³/mol. The molecule has 1 aromatic rings. The molecule has 1 N–H and O–H groups in total. The molecule has 2 rings (SSSR count). The number of aromatic nitrogens is 1. The first-order chi connectivity index (χ1) is 8.84. The van der Waals surface area contributed by atoms with Crippen LogP contribution in [0.2, 0.25) is 0 Å². The maximum absolute atomic E-state index is 11.5. The normalized spacial score (nSPS) is 16.2. The van der Waals surface area contributed by atoms with Crippen LogP contribution in [0.4, 0.5) is 4.79 Å². The molecule has 1 aliphatic carbocycles. The number of carbonyl (C=O) groups excluding carboxylic acids is 1. The van der Waals surface area contributed by atoms with Crippen LogP contribution < -0.4 is 5.32 Å². The number of alkyl carbamates (subject to hydrolysis) is 1. The second kappa shape index (κ2) is 6.99. The van der Waals surface area contributed by atoms with Crippen LogP contribution in [0.15, 0.2) is 24.4 Å². The van der Waals surface area contributed by atoms with Gasteiger partial charge in [-0.05, 0) is 37.8 Å². The summed E-state index contributed by atoms with van der Waals surface area (Å²) in [5, 5.41) is 2.78. The van der Waals surface area contributed by atoms with Gasteiger partial charge < -0.3 is 10.1 Å². The summed E-state index contributed by atoms with van der Waals surface area (Å²) in [6.45, 7) is 0.572. The Morgan fingerprint density at radius 3 is 2.89 bits per heavy atom. The van der Waals surface area contributed by atoms with E-state index in [4.69, 9.17) is 4.74 Å². The summed E-state index contributed by atoms with van der Waals surface area (Å²) >= 11 is 0. The average Bonchev–Trinajstić information content (AvgIpc) is 2.41. The molecule has 0 aliphatic heterocycles. The van der Waals surface area contributed by atoms with Crippen molar-refractivity contribution in [1.29, 1.82) is 0 Å². The molecule has 4 nitrogen and oxygen atoms in total. The fourth-order valence-corrected chi connectivity index (χ4v) is 2.21. The van der Waals surface area contributed by atoms with E-state index in [1.807, 2.05) is 18.2 Å². The quantitative estimate of drug-likeness (QED) is 0.891. The van der Waals surface area contributed by atoms with E-state index in [2.05, 4.69) is 10.3 Å². The first-order valence-corrected chi connectivity index (χ1v) is 6.69. The molecule has 0 radical (unpaired) electrons. The van der Waals surface area contributed by atoms with Crippen LogP contribution in [-0.4, -0.2) is 23.7 Å². The predicted octanol–water partition coefficient (Wildman–Crippen LogP) is 2.68. The van der Waals surface area contributed by atoms with Crippen molar-refractivity contribution >= 4 is 6.09 Å². The third-order valence-electron chi connectivity index (χ3n) is 3.20. The maximum Gasteiger partial charge on any atom is 0.407 e. The van der Waals surface area contributed by atoms with Gasteiger partial charge in [0.15, 0.2) is 0 Å². The van der Waals surface area contributed by atoms with Gasteiger partial charge in [-0.25, -0.2) is 4.79 Å². The number of amides is 1. The van der Waals surface area contributed by atoms with Crippen molar-refractivity contribution in [2.45, 2.75) is 44.6 Å². The third kappa shape index (κ3) is 4.35. The van der Waals surface area contributed by atoms with Crippen LogP contribution in [-0.2, 0) is 11.2 Å². The molecule has 1 aromatic heterocycles. The van der Waals surface area contributed by atoms with E-state index < -0.39 is 0 Å². The lowest BCUT2D eigenvalue weighted by molar-refractivity contribution is 0.0755. The Kier molecular flexibility index (Phi) is 5.00. The van der Waals surface area contributed by atoms with Crippen LogP contribution in [0, 0.1) is 0 Å². The minimum Gasteiger partial charge on any atom is -0.446 e. The van der Waals surface area contributed by atoms with Crippen LogP contribution >= 0.6 is 0 Å². The van der Waals surface area contributed by atoms with Gasteiger partial charge in [-0.3, -0.25) is 4.98 Å². The van der Waals surface area contributed by atoms with Crippen LogP contribution in [0.1, 0.15) is 37.8 Å². The van der Waals surface area contributed by atoms with Crippen molar-refractivity contribution in [2.75, 3.05) is 6.54 Å². The zero-order valence-electron chi connectivity index (χ0n) is 10.6. The number of carbonyl (C=O) groups is 1. The third-order valence-corrected chi connectivity index (χ3v) is 3.20. The van der Waals surface area contributed by atoms with E-state index >= 15 is 0 Å². The van der Waals surface area contributed by atoms with Gasteiger partial charge in [-0.15, -0.1) is 0 Å². The van der Waals surface area contributed by atoms with Crippen LogP contribution in [0.3, 0.4) is 0 Å². The van der Waals surface area contributed by atoms with E-state index in [-0.39, 0.29) is 12.2 Å². The molecule has 98 valence electrons. The van der Waals surface area contributed by atoms with E-state index in [9.17, 15) is 4.79 Å². The fraction of sp³-hybridized carbons (Fsp3) is 0.571. The zero-order valence-corrected chi connectivity index (χ0v) is 10.6. The summed E-state index contributed by atoms with van der Waals surface area (Å²) in [6.07, 6.45) is 7.95. The van der Waals surface area contributed by atoms with Crippen LogP contribution in [0.25, 0.3) is 0 Å². The summed E-state index contributed by atoms with van der Waals surface area (Å²) in [4.78, 5) is 15.7. The highest BCUT2D eigenvalue weighted by atomic mass is 16.6.